The van der Waals surface area contributed by atoms with Crippen molar-refractivity contribution in [2.75, 3.05) is 24.5 Å². The first-order chi connectivity index (χ1) is 17.3. The Balaban J connectivity index is 1.56. The van der Waals surface area contributed by atoms with Gasteiger partial charge in [0.25, 0.3) is 11.4 Å². The largest absolute Gasteiger partial charge is 0.356 e. The molecule has 1 saturated heterocycles. The Hall–Kier alpha value is -3.97. The number of non-ortho nitro benzene ring substituents is 1. The van der Waals surface area contributed by atoms with Gasteiger partial charge in [0, 0.05) is 49.8 Å². The number of aromatic nitrogens is 2. The Morgan fingerprint density at radius 1 is 0.889 bits per heavy atom. The van der Waals surface area contributed by atoms with Crippen LogP contribution in [-0.4, -0.2) is 52.2 Å². The van der Waals surface area contributed by atoms with Crippen molar-refractivity contribution >= 4 is 27.2 Å². The molecule has 2 aliphatic heterocycles. The van der Waals surface area contributed by atoms with Gasteiger partial charge in [0.05, 0.1) is 21.6 Å². The smallest absolute Gasteiger partial charge is 0.296 e. The molecule has 186 valence electrons. The van der Waals surface area contributed by atoms with Crippen LogP contribution in [0.1, 0.15) is 24.1 Å². The lowest BCUT2D eigenvalue weighted by atomic mass is 10.1. The fourth-order valence-corrected chi connectivity index (χ4v) is 6.15. The Bertz CT molecular complexity index is 1460. The van der Waals surface area contributed by atoms with Crippen LogP contribution >= 0.6 is 0 Å². The molecule has 1 fully saturated rings. The summed E-state index contributed by atoms with van der Waals surface area (Å²) in [5.74, 6) is 1.24. The molecule has 0 aliphatic carbocycles. The van der Waals surface area contributed by atoms with Crippen LogP contribution in [0.5, 0.6) is 0 Å². The van der Waals surface area contributed by atoms with Gasteiger partial charge in [0.2, 0.25) is 10.0 Å². The van der Waals surface area contributed by atoms with Crippen LogP contribution < -0.4 is 4.90 Å². The van der Waals surface area contributed by atoms with Gasteiger partial charge in [-0.15, -0.1) is 0 Å². The summed E-state index contributed by atoms with van der Waals surface area (Å²) < 4.78 is 28.2. The average molecular weight is 511 g/mol. The zero-order valence-corrected chi connectivity index (χ0v) is 19.9. The van der Waals surface area contributed by atoms with E-state index >= 15 is 0 Å². The fourth-order valence-electron chi connectivity index (χ4n) is 4.60. The van der Waals surface area contributed by atoms with E-state index in [-0.39, 0.29) is 13.1 Å². The molecule has 36 heavy (non-hydrogen) atoms. The zero-order valence-electron chi connectivity index (χ0n) is 19.1. The van der Waals surface area contributed by atoms with Crippen molar-refractivity contribution in [1.29, 1.82) is 0 Å². The maximum atomic E-state index is 13.5. The van der Waals surface area contributed by atoms with Gasteiger partial charge in [-0.05, 0) is 18.9 Å². The molecule has 5 rings (SSSR count). The number of fused-ring (bicyclic) bond motifs is 1. The summed E-state index contributed by atoms with van der Waals surface area (Å²) in [5.41, 5.74) is 0.900. The molecule has 3 heterocycles. The van der Waals surface area contributed by atoms with Gasteiger partial charge in [-0.2, -0.15) is 4.31 Å². The van der Waals surface area contributed by atoms with Crippen molar-refractivity contribution in [3.63, 3.8) is 0 Å². The number of benzene rings is 2. The van der Waals surface area contributed by atoms with Gasteiger partial charge in [0.1, 0.15) is 5.82 Å². The zero-order chi connectivity index (χ0) is 25.4. The lowest BCUT2D eigenvalue weighted by Gasteiger charge is -2.31. The molecule has 13 heteroatoms. The van der Waals surface area contributed by atoms with Crippen molar-refractivity contribution in [3.8, 4) is 11.4 Å². The number of nitrogens with zero attached hydrogens (tertiary/aromatic N) is 6. The number of rotatable bonds is 6. The number of hydrogen-bond donors (Lipinski definition) is 0. The lowest BCUT2D eigenvalue weighted by Crippen LogP contribution is -2.38. The standard InChI is InChI=1S/C23H22N6O6S/c30-28(31)17-8-9-21(20(14-17)29(32)33)36(34,35)27-13-10-19-18(15-27)23(26-11-4-5-12-26)25-22(24-19)16-6-2-1-3-7-16/h1-3,6-9,14H,4-5,10-13,15H2. The number of sulfonamides is 1. The number of hydrogen-bond acceptors (Lipinski definition) is 9. The van der Waals surface area contributed by atoms with E-state index in [9.17, 15) is 28.6 Å². The Kier molecular flexibility index (Phi) is 6.10. The summed E-state index contributed by atoms with van der Waals surface area (Å²) in [5, 5.41) is 22.7. The van der Waals surface area contributed by atoms with Crippen LogP contribution in [0.25, 0.3) is 11.4 Å². The van der Waals surface area contributed by atoms with Gasteiger partial charge in [-0.25, -0.2) is 18.4 Å². The summed E-state index contributed by atoms with van der Waals surface area (Å²) in [7, 11) is -4.33. The fraction of sp³-hybridized carbons (Fsp3) is 0.304. The van der Waals surface area contributed by atoms with Crippen LogP contribution in [0, 0.1) is 20.2 Å². The van der Waals surface area contributed by atoms with Crippen LogP contribution in [0.15, 0.2) is 53.4 Å². The quantitative estimate of drug-likeness (QED) is 0.359. The monoisotopic (exact) mass is 510 g/mol. The minimum Gasteiger partial charge on any atom is -0.356 e. The summed E-state index contributed by atoms with van der Waals surface area (Å²) in [6.45, 7) is 1.59. The normalized spacial score (nSPS) is 16.1. The molecular weight excluding hydrogens is 488 g/mol. The van der Waals surface area contributed by atoms with E-state index in [1.807, 2.05) is 30.3 Å². The van der Waals surface area contributed by atoms with E-state index in [4.69, 9.17) is 9.97 Å². The van der Waals surface area contributed by atoms with Crippen molar-refractivity contribution < 1.29 is 18.3 Å². The Morgan fingerprint density at radius 3 is 2.28 bits per heavy atom. The van der Waals surface area contributed by atoms with Crippen molar-refractivity contribution in [2.45, 2.75) is 30.7 Å². The van der Waals surface area contributed by atoms with Gasteiger partial charge in [-0.1, -0.05) is 30.3 Å². The molecule has 0 radical (unpaired) electrons. The Morgan fingerprint density at radius 2 is 1.61 bits per heavy atom. The second-order valence-corrected chi connectivity index (χ2v) is 10.5. The lowest BCUT2D eigenvalue weighted by molar-refractivity contribution is -0.396. The van der Waals surface area contributed by atoms with Crippen molar-refractivity contribution in [1.82, 2.24) is 14.3 Å². The van der Waals surface area contributed by atoms with E-state index in [2.05, 4.69) is 4.90 Å². The molecule has 0 atom stereocenters. The summed E-state index contributed by atoms with van der Waals surface area (Å²) in [6.07, 6.45) is 2.30. The minimum absolute atomic E-state index is 0.0489. The van der Waals surface area contributed by atoms with E-state index in [1.54, 1.807) is 0 Å². The number of nitro groups is 2. The highest BCUT2D eigenvalue weighted by Gasteiger charge is 2.37. The molecule has 2 aliphatic rings. The second-order valence-electron chi connectivity index (χ2n) is 8.61. The maximum Gasteiger partial charge on any atom is 0.296 e. The first kappa shape index (κ1) is 23.8. The molecule has 1 aromatic heterocycles. The molecule has 0 spiro atoms. The first-order valence-corrected chi connectivity index (χ1v) is 12.8. The predicted molar refractivity (Wildman–Crippen MR) is 130 cm³/mol. The molecule has 2 aromatic carbocycles. The number of nitro benzene ring substituents is 2. The van der Waals surface area contributed by atoms with Gasteiger partial charge >= 0.3 is 0 Å². The molecule has 12 nitrogen and oxygen atoms in total. The van der Waals surface area contributed by atoms with Gasteiger partial charge in [0.15, 0.2) is 10.7 Å². The van der Waals surface area contributed by atoms with Crippen LogP contribution in [0.3, 0.4) is 0 Å². The third-order valence-corrected chi connectivity index (χ3v) is 8.30. The van der Waals surface area contributed by atoms with Crippen LogP contribution in [0.2, 0.25) is 0 Å². The molecule has 0 N–H and O–H groups in total. The highest BCUT2D eigenvalue weighted by atomic mass is 32.2. The highest BCUT2D eigenvalue weighted by molar-refractivity contribution is 7.89. The average Bonchev–Trinajstić information content (AvgIpc) is 3.42. The summed E-state index contributed by atoms with van der Waals surface area (Å²) in [6, 6.07) is 12.1. The molecule has 0 unspecified atom stereocenters. The minimum atomic E-state index is -4.33. The summed E-state index contributed by atoms with van der Waals surface area (Å²) >= 11 is 0. The van der Waals surface area contributed by atoms with Crippen LogP contribution in [0.4, 0.5) is 17.2 Å². The molecular formula is C23H22N6O6S. The Labute approximate surface area is 206 Å². The van der Waals surface area contributed by atoms with E-state index in [1.165, 1.54) is 0 Å². The highest BCUT2D eigenvalue weighted by Crippen LogP contribution is 2.36. The molecule has 0 bridgehead atoms. The second kappa shape index (κ2) is 9.24. The van der Waals surface area contributed by atoms with E-state index in [0.717, 1.165) is 53.6 Å². The third kappa shape index (κ3) is 4.27. The van der Waals surface area contributed by atoms with Crippen molar-refractivity contribution in [3.05, 3.63) is 80.0 Å². The molecule has 0 saturated carbocycles. The van der Waals surface area contributed by atoms with E-state index in [0.29, 0.717) is 29.7 Å². The van der Waals surface area contributed by atoms with Gasteiger partial charge < -0.3 is 4.90 Å². The summed E-state index contributed by atoms with van der Waals surface area (Å²) in [4.78, 5) is 32.1. The number of anilines is 1. The van der Waals surface area contributed by atoms with Crippen LogP contribution in [-0.2, 0) is 23.0 Å². The molecule has 3 aromatic rings. The SMILES string of the molecule is O=[N+]([O-])c1ccc(S(=O)(=O)N2CCc3nc(-c4ccccc4)nc(N4CCCC4)c3C2)c([N+](=O)[O-])c1. The maximum absolute atomic E-state index is 13.5. The van der Waals surface area contributed by atoms with Crippen molar-refractivity contribution in [2.24, 2.45) is 0 Å². The van der Waals surface area contributed by atoms with E-state index < -0.39 is 36.1 Å². The predicted octanol–water partition coefficient (Wildman–Crippen LogP) is 3.31. The molecule has 0 amide bonds. The van der Waals surface area contributed by atoms with Gasteiger partial charge in [-0.3, -0.25) is 20.2 Å². The first-order valence-electron chi connectivity index (χ1n) is 11.4. The third-order valence-electron chi connectivity index (χ3n) is 6.41. The topological polar surface area (TPSA) is 153 Å².